The van der Waals surface area contributed by atoms with E-state index in [0.717, 1.165) is 0 Å². The SMILES string of the molecule is O=C(Nc1ccc2c(c1)OCO2)O[C@H](c1ccc(O)c2ccccc12)[C@@H](CCO)Oc1ccccc1. The van der Waals surface area contributed by atoms with E-state index >= 15 is 0 Å². The van der Waals surface area contributed by atoms with Crippen LogP contribution in [-0.4, -0.2) is 35.8 Å². The molecule has 0 aromatic heterocycles. The highest BCUT2D eigenvalue weighted by molar-refractivity contribution is 5.92. The molecule has 0 saturated heterocycles. The third kappa shape index (κ3) is 4.99. The lowest BCUT2D eigenvalue weighted by Crippen LogP contribution is -2.32. The molecular formula is C28H25NO7. The van der Waals surface area contributed by atoms with Gasteiger partial charge in [0.05, 0.1) is 0 Å². The number of fused-ring (bicyclic) bond motifs is 2. The number of aliphatic hydroxyl groups is 1. The summed E-state index contributed by atoms with van der Waals surface area (Å²) in [4.78, 5) is 13.1. The number of hydrogen-bond donors (Lipinski definition) is 3. The third-order valence-electron chi connectivity index (χ3n) is 5.88. The van der Waals surface area contributed by atoms with Crippen molar-refractivity contribution in [2.24, 2.45) is 0 Å². The van der Waals surface area contributed by atoms with Gasteiger partial charge in [-0.15, -0.1) is 0 Å². The number of phenolic OH excluding ortho intramolecular Hbond substituents is 1. The number of aromatic hydroxyl groups is 1. The Morgan fingerprint density at radius 3 is 2.47 bits per heavy atom. The molecule has 0 spiro atoms. The van der Waals surface area contributed by atoms with Gasteiger partial charge >= 0.3 is 6.09 Å². The molecule has 4 aromatic carbocycles. The van der Waals surface area contributed by atoms with Gasteiger partial charge in [0.25, 0.3) is 0 Å². The fourth-order valence-electron chi connectivity index (χ4n) is 4.20. The largest absolute Gasteiger partial charge is 0.507 e. The molecule has 8 heteroatoms. The molecule has 0 radical (unpaired) electrons. The second kappa shape index (κ2) is 10.5. The maximum atomic E-state index is 13.1. The van der Waals surface area contributed by atoms with E-state index in [-0.39, 0.29) is 25.6 Å². The van der Waals surface area contributed by atoms with E-state index in [2.05, 4.69) is 5.32 Å². The zero-order valence-electron chi connectivity index (χ0n) is 19.3. The van der Waals surface area contributed by atoms with Crippen LogP contribution in [0.5, 0.6) is 23.0 Å². The van der Waals surface area contributed by atoms with E-state index in [1.54, 1.807) is 48.5 Å². The maximum Gasteiger partial charge on any atom is 0.412 e. The minimum Gasteiger partial charge on any atom is -0.507 e. The van der Waals surface area contributed by atoms with E-state index in [0.29, 0.717) is 39.3 Å². The van der Waals surface area contributed by atoms with Crippen LogP contribution in [0.1, 0.15) is 18.1 Å². The summed E-state index contributed by atoms with van der Waals surface area (Å²) in [6.07, 6.45) is -2.13. The van der Waals surface area contributed by atoms with Crippen LogP contribution < -0.4 is 19.5 Å². The molecule has 1 aliphatic rings. The zero-order valence-corrected chi connectivity index (χ0v) is 19.3. The summed E-state index contributed by atoms with van der Waals surface area (Å²) < 4.78 is 22.9. The van der Waals surface area contributed by atoms with Gasteiger partial charge in [0.2, 0.25) is 6.79 Å². The van der Waals surface area contributed by atoms with Gasteiger partial charge in [-0.25, -0.2) is 4.79 Å². The molecule has 0 bridgehead atoms. The molecule has 1 aliphatic heterocycles. The van der Waals surface area contributed by atoms with Crippen molar-refractivity contribution in [1.82, 2.24) is 0 Å². The smallest absolute Gasteiger partial charge is 0.412 e. The first-order valence-electron chi connectivity index (χ1n) is 11.5. The van der Waals surface area contributed by atoms with Gasteiger partial charge in [-0.05, 0) is 35.7 Å². The Balaban J connectivity index is 1.49. The molecule has 2 atom stereocenters. The van der Waals surface area contributed by atoms with Gasteiger partial charge in [0.1, 0.15) is 17.6 Å². The Hall–Kier alpha value is -4.43. The molecule has 0 saturated carbocycles. The number of hydrogen-bond acceptors (Lipinski definition) is 7. The molecule has 3 N–H and O–H groups in total. The first-order valence-corrected chi connectivity index (χ1v) is 11.5. The summed E-state index contributed by atoms with van der Waals surface area (Å²) in [7, 11) is 0. The lowest BCUT2D eigenvalue weighted by molar-refractivity contribution is 0.00983. The molecule has 8 nitrogen and oxygen atoms in total. The quantitative estimate of drug-likeness (QED) is 0.306. The van der Waals surface area contributed by atoms with Crippen LogP contribution in [0, 0.1) is 0 Å². The van der Waals surface area contributed by atoms with Crippen molar-refractivity contribution >= 4 is 22.6 Å². The fraction of sp³-hybridized carbons (Fsp3) is 0.179. The van der Waals surface area contributed by atoms with E-state index in [1.807, 2.05) is 36.4 Å². The number of carbonyl (C=O) groups excluding carboxylic acids is 1. The minimum atomic E-state index is -0.906. The normalized spacial score (nSPS) is 13.7. The molecule has 5 rings (SSSR count). The molecule has 1 amide bonds. The van der Waals surface area contributed by atoms with Crippen LogP contribution in [0.4, 0.5) is 10.5 Å². The van der Waals surface area contributed by atoms with Gasteiger partial charge in [-0.1, -0.05) is 48.5 Å². The predicted octanol–water partition coefficient (Wildman–Crippen LogP) is 5.39. The van der Waals surface area contributed by atoms with Crippen LogP contribution in [0.15, 0.2) is 84.9 Å². The number of aliphatic hydroxyl groups excluding tert-OH is 1. The monoisotopic (exact) mass is 487 g/mol. The van der Waals surface area contributed by atoms with Crippen molar-refractivity contribution in [2.75, 3.05) is 18.7 Å². The molecule has 0 unspecified atom stereocenters. The highest BCUT2D eigenvalue weighted by atomic mass is 16.7. The second-order valence-corrected chi connectivity index (χ2v) is 8.22. The average Bonchev–Trinajstić information content (AvgIpc) is 3.36. The Morgan fingerprint density at radius 2 is 1.67 bits per heavy atom. The van der Waals surface area contributed by atoms with Gasteiger partial charge in [-0.2, -0.15) is 0 Å². The number of para-hydroxylation sites is 1. The average molecular weight is 488 g/mol. The first kappa shape index (κ1) is 23.3. The molecule has 0 aliphatic carbocycles. The highest BCUT2D eigenvalue weighted by Gasteiger charge is 2.31. The number of benzene rings is 4. The summed E-state index contributed by atoms with van der Waals surface area (Å²) >= 11 is 0. The Morgan fingerprint density at radius 1 is 0.917 bits per heavy atom. The Labute approximate surface area is 207 Å². The molecular weight excluding hydrogens is 462 g/mol. The lowest BCUT2D eigenvalue weighted by atomic mass is 9.95. The van der Waals surface area contributed by atoms with Crippen molar-refractivity contribution in [1.29, 1.82) is 0 Å². The number of anilines is 1. The van der Waals surface area contributed by atoms with Gasteiger partial charge in [0.15, 0.2) is 17.6 Å². The fourth-order valence-corrected chi connectivity index (χ4v) is 4.20. The molecule has 36 heavy (non-hydrogen) atoms. The summed E-state index contributed by atoms with van der Waals surface area (Å²) in [5.41, 5.74) is 1.11. The topological polar surface area (TPSA) is 106 Å². The summed E-state index contributed by atoms with van der Waals surface area (Å²) in [6, 6.07) is 24.7. The molecule has 4 aromatic rings. The summed E-state index contributed by atoms with van der Waals surface area (Å²) in [6.45, 7) is -0.0595. The Bertz CT molecular complexity index is 1360. The summed E-state index contributed by atoms with van der Waals surface area (Å²) in [5, 5.41) is 24.3. The van der Waals surface area contributed by atoms with Crippen molar-refractivity contribution in [3.05, 3.63) is 90.5 Å². The zero-order chi connectivity index (χ0) is 24.9. The second-order valence-electron chi connectivity index (χ2n) is 8.22. The first-order chi connectivity index (χ1) is 17.6. The predicted molar refractivity (Wildman–Crippen MR) is 134 cm³/mol. The van der Waals surface area contributed by atoms with Crippen LogP contribution in [0.25, 0.3) is 10.8 Å². The van der Waals surface area contributed by atoms with Crippen LogP contribution >= 0.6 is 0 Å². The van der Waals surface area contributed by atoms with Gasteiger partial charge < -0.3 is 29.2 Å². The van der Waals surface area contributed by atoms with Crippen LogP contribution in [-0.2, 0) is 4.74 Å². The Kier molecular flexibility index (Phi) is 6.77. The highest BCUT2D eigenvalue weighted by Crippen LogP contribution is 2.37. The number of ether oxygens (including phenoxy) is 4. The number of rotatable bonds is 8. The van der Waals surface area contributed by atoms with E-state index in [1.165, 1.54) is 0 Å². The summed E-state index contributed by atoms with van der Waals surface area (Å²) in [5.74, 6) is 1.81. The van der Waals surface area contributed by atoms with E-state index in [9.17, 15) is 15.0 Å². The number of carbonyl (C=O) groups is 1. The van der Waals surface area contributed by atoms with E-state index in [4.69, 9.17) is 18.9 Å². The van der Waals surface area contributed by atoms with E-state index < -0.39 is 18.3 Å². The number of phenols is 1. The standard InChI is InChI=1S/C28H25NO7/c30-15-14-25(35-19-6-2-1-3-7-19)27(22-11-12-23(31)21-9-5-4-8-20(21)22)36-28(32)29-18-10-13-24-26(16-18)34-17-33-24/h1-13,16,25,27,30-31H,14-15,17H2,(H,29,32)/t25-,27-/m1/s1. The molecule has 1 heterocycles. The number of amides is 1. The third-order valence-corrected chi connectivity index (χ3v) is 5.88. The van der Waals surface area contributed by atoms with Crippen molar-refractivity contribution in [3.8, 4) is 23.0 Å². The van der Waals surface area contributed by atoms with Crippen molar-refractivity contribution < 1.29 is 34.0 Å². The maximum absolute atomic E-state index is 13.1. The van der Waals surface area contributed by atoms with Crippen LogP contribution in [0.2, 0.25) is 0 Å². The minimum absolute atomic E-state index is 0.112. The van der Waals surface area contributed by atoms with Gasteiger partial charge in [0, 0.05) is 35.7 Å². The lowest BCUT2D eigenvalue weighted by Gasteiger charge is -2.29. The number of nitrogens with one attached hydrogen (secondary N) is 1. The molecule has 0 fully saturated rings. The van der Waals surface area contributed by atoms with Crippen molar-refractivity contribution in [2.45, 2.75) is 18.6 Å². The van der Waals surface area contributed by atoms with Crippen LogP contribution in [0.3, 0.4) is 0 Å². The molecule has 184 valence electrons. The van der Waals surface area contributed by atoms with Crippen molar-refractivity contribution in [3.63, 3.8) is 0 Å². The van der Waals surface area contributed by atoms with Gasteiger partial charge in [-0.3, -0.25) is 5.32 Å².